The van der Waals surface area contributed by atoms with Gasteiger partial charge >= 0.3 is 12.1 Å². The van der Waals surface area contributed by atoms with Crippen molar-refractivity contribution in [3.8, 4) is 17.2 Å². The van der Waals surface area contributed by atoms with Crippen LogP contribution in [-0.4, -0.2) is 46.6 Å². The summed E-state index contributed by atoms with van der Waals surface area (Å²) in [5, 5.41) is 12.5. The highest BCUT2D eigenvalue weighted by Crippen LogP contribution is 2.43. The van der Waals surface area contributed by atoms with Crippen LogP contribution in [0.5, 0.6) is 0 Å². The number of cyclic esters (lactones) is 1. The average Bonchev–Trinajstić information content (AvgIpc) is 3.55. The van der Waals surface area contributed by atoms with E-state index in [4.69, 9.17) is 9.47 Å². The summed E-state index contributed by atoms with van der Waals surface area (Å²) in [5.41, 5.74) is 1.36. The number of nitriles is 1. The second-order valence-electron chi connectivity index (χ2n) is 12.4. The summed E-state index contributed by atoms with van der Waals surface area (Å²) in [6.07, 6.45) is 1.80. The summed E-state index contributed by atoms with van der Waals surface area (Å²) in [6.45, 7) is 8.97. The number of carbonyl (C=O) groups excluding carboxylic acids is 3. The third-order valence-corrected chi connectivity index (χ3v) is 7.98. The molecule has 2 aromatic carbocycles. The molecule has 210 valence electrons. The number of esters is 1. The summed E-state index contributed by atoms with van der Waals surface area (Å²) in [5.74, 6) is -1.35. The van der Waals surface area contributed by atoms with Crippen LogP contribution >= 0.6 is 0 Å². The standard InChI is InChI=1S/C31H34FN3O5/c1-30(2,3)40-29(38)35-22-10-8-20(13-22)26(35)27(36)34-21(16-33)12-19-7-6-18(15-25(19)32)17-9-11-24-23(14-17)28(37)39-31(24,4)5/h6-7,9,11,14-15,20-22,26H,8,10,12-13H2,1-5H3,(H,34,36)/t20?,21-,22?,26?/m0/s1. The number of nitrogens with zero attached hydrogens (tertiary/aromatic N) is 2. The third-order valence-electron chi connectivity index (χ3n) is 7.98. The number of carbonyl (C=O) groups is 3. The zero-order chi connectivity index (χ0) is 29.0. The van der Waals surface area contributed by atoms with E-state index in [0.717, 1.165) is 24.8 Å². The van der Waals surface area contributed by atoms with Crippen LogP contribution in [0.15, 0.2) is 36.4 Å². The van der Waals surface area contributed by atoms with E-state index in [1.807, 2.05) is 26.0 Å². The van der Waals surface area contributed by atoms with Gasteiger partial charge in [-0.05, 0) is 88.6 Å². The quantitative estimate of drug-likeness (QED) is 0.513. The first kappa shape index (κ1) is 27.6. The van der Waals surface area contributed by atoms with Crippen LogP contribution in [-0.2, 0) is 26.3 Å². The molecule has 3 aliphatic rings. The Morgan fingerprint density at radius 3 is 2.58 bits per heavy atom. The Labute approximate surface area is 233 Å². The van der Waals surface area contributed by atoms with Crippen molar-refractivity contribution in [2.24, 2.45) is 5.92 Å². The number of piperidine rings is 1. The number of nitrogens with one attached hydrogen (secondary N) is 1. The van der Waals surface area contributed by atoms with Crippen molar-refractivity contribution in [1.82, 2.24) is 10.2 Å². The number of ether oxygens (including phenoxy) is 2. The fourth-order valence-corrected chi connectivity index (χ4v) is 6.16. The molecule has 2 bridgehead atoms. The summed E-state index contributed by atoms with van der Waals surface area (Å²) < 4.78 is 26.2. The number of hydrogen-bond acceptors (Lipinski definition) is 6. The maximum absolute atomic E-state index is 15.2. The van der Waals surface area contributed by atoms with E-state index in [-0.39, 0.29) is 23.9 Å². The Morgan fingerprint density at radius 1 is 1.20 bits per heavy atom. The van der Waals surface area contributed by atoms with E-state index >= 15 is 4.39 Å². The lowest BCUT2D eigenvalue weighted by atomic mass is 9.92. The Balaban J connectivity index is 1.29. The summed E-state index contributed by atoms with van der Waals surface area (Å²) in [4.78, 5) is 40.0. The number of likely N-dealkylation sites (tertiary alicyclic amines) is 1. The molecule has 3 unspecified atom stereocenters. The minimum Gasteiger partial charge on any atom is -0.451 e. The van der Waals surface area contributed by atoms with E-state index in [1.54, 1.807) is 39.0 Å². The van der Waals surface area contributed by atoms with Gasteiger partial charge in [0.2, 0.25) is 5.91 Å². The zero-order valence-corrected chi connectivity index (χ0v) is 23.4. The molecule has 1 aliphatic carbocycles. The maximum Gasteiger partial charge on any atom is 0.411 e. The van der Waals surface area contributed by atoms with Gasteiger partial charge in [0.25, 0.3) is 0 Å². The van der Waals surface area contributed by atoms with Crippen molar-refractivity contribution < 1.29 is 28.2 Å². The maximum atomic E-state index is 15.2. The number of hydrogen-bond donors (Lipinski definition) is 1. The van der Waals surface area contributed by atoms with Crippen LogP contribution < -0.4 is 5.32 Å². The Morgan fingerprint density at radius 2 is 1.90 bits per heavy atom. The van der Waals surface area contributed by atoms with Crippen molar-refractivity contribution in [3.05, 3.63) is 58.9 Å². The van der Waals surface area contributed by atoms with Crippen LogP contribution in [0, 0.1) is 23.1 Å². The van der Waals surface area contributed by atoms with Crippen molar-refractivity contribution in [2.45, 2.75) is 89.6 Å². The molecule has 1 N–H and O–H groups in total. The molecule has 40 heavy (non-hydrogen) atoms. The first-order valence-electron chi connectivity index (χ1n) is 13.7. The molecule has 2 amide bonds. The molecule has 1 saturated heterocycles. The van der Waals surface area contributed by atoms with E-state index in [2.05, 4.69) is 11.4 Å². The summed E-state index contributed by atoms with van der Waals surface area (Å²) >= 11 is 0. The number of halogens is 1. The van der Waals surface area contributed by atoms with Gasteiger partial charge in [0.05, 0.1) is 11.6 Å². The van der Waals surface area contributed by atoms with Gasteiger partial charge in [0, 0.05) is 18.0 Å². The Hall–Kier alpha value is -3.93. The number of benzene rings is 2. The fraction of sp³-hybridized carbons (Fsp3) is 0.484. The predicted molar refractivity (Wildman–Crippen MR) is 145 cm³/mol. The second kappa shape index (κ2) is 9.92. The predicted octanol–water partition coefficient (Wildman–Crippen LogP) is 5.24. The van der Waals surface area contributed by atoms with Crippen LogP contribution in [0.1, 0.15) is 75.4 Å². The molecule has 2 heterocycles. The van der Waals surface area contributed by atoms with E-state index in [1.165, 1.54) is 11.0 Å². The molecule has 4 atom stereocenters. The minimum atomic E-state index is -0.982. The van der Waals surface area contributed by atoms with Crippen LogP contribution in [0.25, 0.3) is 11.1 Å². The van der Waals surface area contributed by atoms with Gasteiger partial charge in [0.1, 0.15) is 29.1 Å². The van der Waals surface area contributed by atoms with E-state index in [9.17, 15) is 19.6 Å². The van der Waals surface area contributed by atoms with Gasteiger partial charge in [-0.2, -0.15) is 5.26 Å². The lowest BCUT2D eigenvalue weighted by molar-refractivity contribution is -0.128. The lowest BCUT2D eigenvalue weighted by Crippen LogP contribution is -2.55. The fourth-order valence-electron chi connectivity index (χ4n) is 6.16. The molecule has 0 spiro atoms. The average molecular weight is 548 g/mol. The van der Waals surface area contributed by atoms with Gasteiger partial charge in [0.15, 0.2) is 0 Å². The molecule has 8 nitrogen and oxygen atoms in total. The highest BCUT2D eigenvalue weighted by Gasteiger charge is 2.52. The molecule has 0 aromatic heterocycles. The lowest BCUT2D eigenvalue weighted by Gasteiger charge is -2.35. The van der Waals surface area contributed by atoms with Crippen molar-refractivity contribution in [3.63, 3.8) is 0 Å². The normalized spacial score (nSPS) is 23.3. The number of amides is 2. The largest absolute Gasteiger partial charge is 0.451 e. The summed E-state index contributed by atoms with van der Waals surface area (Å²) in [6, 6.07) is 10.3. The third kappa shape index (κ3) is 5.15. The molecule has 2 aliphatic heterocycles. The van der Waals surface area contributed by atoms with Gasteiger partial charge < -0.3 is 14.8 Å². The van der Waals surface area contributed by atoms with Crippen molar-refractivity contribution in [1.29, 1.82) is 5.26 Å². The van der Waals surface area contributed by atoms with Crippen molar-refractivity contribution in [2.75, 3.05) is 0 Å². The highest BCUT2D eigenvalue weighted by atomic mass is 19.1. The SMILES string of the molecule is CC(C)(C)OC(=O)N1C2CCC(C2)C1C(=O)N[C@H](C#N)Cc1ccc(-c2ccc3c(c2)C(=O)OC3(C)C)cc1F. The summed E-state index contributed by atoms with van der Waals surface area (Å²) in [7, 11) is 0. The van der Waals surface area contributed by atoms with E-state index < -0.39 is 47.1 Å². The van der Waals surface area contributed by atoms with Gasteiger partial charge in [-0.25, -0.2) is 14.0 Å². The molecule has 5 rings (SSSR count). The number of rotatable bonds is 5. The molecule has 2 fully saturated rings. The van der Waals surface area contributed by atoms with E-state index in [0.29, 0.717) is 16.7 Å². The van der Waals surface area contributed by atoms with Crippen molar-refractivity contribution >= 4 is 18.0 Å². The first-order chi connectivity index (χ1) is 18.8. The zero-order valence-electron chi connectivity index (χ0n) is 23.4. The number of fused-ring (bicyclic) bond motifs is 3. The molecule has 9 heteroatoms. The first-order valence-corrected chi connectivity index (χ1v) is 13.7. The molecule has 0 radical (unpaired) electrons. The molecular weight excluding hydrogens is 513 g/mol. The minimum absolute atomic E-state index is 0.00283. The Kier molecular flexibility index (Phi) is 6.85. The van der Waals surface area contributed by atoms with Crippen LogP contribution in [0.3, 0.4) is 0 Å². The smallest absolute Gasteiger partial charge is 0.411 e. The van der Waals surface area contributed by atoms with Gasteiger partial charge in [-0.15, -0.1) is 0 Å². The Bertz CT molecular complexity index is 1420. The van der Waals surface area contributed by atoms with Crippen LogP contribution in [0.2, 0.25) is 0 Å². The van der Waals surface area contributed by atoms with Crippen LogP contribution in [0.4, 0.5) is 9.18 Å². The monoisotopic (exact) mass is 547 g/mol. The second-order valence-corrected chi connectivity index (χ2v) is 12.4. The molecule has 2 aromatic rings. The van der Waals surface area contributed by atoms with Gasteiger partial charge in [-0.3, -0.25) is 9.69 Å². The van der Waals surface area contributed by atoms with Gasteiger partial charge in [-0.1, -0.05) is 24.3 Å². The molecular formula is C31H34FN3O5. The highest BCUT2D eigenvalue weighted by molar-refractivity contribution is 5.96. The topological polar surface area (TPSA) is 109 Å². The molecule has 1 saturated carbocycles.